The summed E-state index contributed by atoms with van der Waals surface area (Å²) in [5.41, 5.74) is 1.39. The number of aromatic carboxylic acids is 1. The molecule has 1 N–H and O–H groups in total. The van der Waals surface area contributed by atoms with E-state index >= 15 is 0 Å². The Bertz CT molecular complexity index is 814. The van der Waals surface area contributed by atoms with E-state index in [2.05, 4.69) is 4.98 Å². The van der Waals surface area contributed by atoms with E-state index in [1.807, 2.05) is 30.3 Å². The number of fused-ring (bicyclic) bond motifs is 1. The van der Waals surface area contributed by atoms with Gasteiger partial charge in [-0.2, -0.15) is 0 Å². The molecule has 0 aliphatic carbocycles. The number of hydrogen-bond acceptors (Lipinski definition) is 2. The molecule has 0 aliphatic heterocycles. The predicted octanol–water partition coefficient (Wildman–Crippen LogP) is 3.74. The average molecular weight is 267 g/mol. The molecule has 0 atom stereocenters. The molecule has 1 heterocycles. The summed E-state index contributed by atoms with van der Waals surface area (Å²) in [7, 11) is 0. The van der Waals surface area contributed by atoms with Gasteiger partial charge in [0.2, 0.25) is 0 Å². The molecule has 3 rings (SSSR count). The molecule has 0 spiro atoms. The van der Waals surface area contributed by atoms with Crippen LogP contribution in [0.5, 0.6) is 0 Å². The number of carboxylic acids is 1. The van der Waals surface area contributed by atoms with Gasteiger partial charge >= 0.3 is 5.97 Å². The number of carboxylic acid groups (broad SMARTS) is 1. The topological polar surface area (TPSA) is 50.2 Å². The Balaban J connectivity index is 2.19. The maximum absolute atomic E-state index is 13.9. The summed E-state index contributed by atoms with van der Waals surface area (Å²) in [5, 5.41) is 9.93. The van der Waals surface area contributed by atoms with Gasteiger partial charge in [0.25, 0.3) is 0 Å². The van der Waals surface area contributed by atoms with Crippen molar-refractivity contribution in [2.45, 2.75) is 0 Å². The first-order valence-electron chi connectivity index (χ1n) is 6.04. The molecule has 20 heavy (non-hydrogen) atoms. The minimum Gasteiger partial charge on any atom is -0.478 e. The van der Waals surface area contributed by atoms with Gasteiger partial charge in [-0.15, -0.1) is 0 Å². The van der Waals surface area contributed by atoms with Crippen molar-refractivity contribution in [1.82, 2.24) is 4.98 Å². The van der Waals surface area contributed by atoms with Gasteiger partial charge in [-0.05, 0) is 30.3 Å². The van der Waals surface area contributed by atoms with E-state index in [1.54, 1.807) is 6.07 Å². The lowest BCUT2D eigenvalue weighted by Gasteiger charge is -2.06. The molecule has 98 valence electrons. The smallest absolute Gasteiger partial charge is 0.335 e. The molecule has 0 bridgehead atoms. The van der Waals surface area contributed by atoms with Crippen LogP contribution in [0.2, 0.25) is 0 Å². The van der Waals surface area contributed by atoms with Gasteiger partial charge in [0, 0.05) is 10.9 Å². The number of benzene rings is 2. The molecule has 0 saturated carbocycles. The summed E-state index contributed by atoms with van der Waals surface area (Å²) in [6, 6.07) is 14.7. The van der Waals surface area contributed by atoms with Crippen LogP contribution in [-0.2, 0) is 0 Å². The van der Waals surface area contributed by atoms with Gasteiger partial charge in [-0.1, -0.05) is 24.3 Å². The SMILES string of the molecule is O=C(O)c1ccc(F)c(-c2ccc3ccccc3n2)c1. The van der Waals surface area contributed by atoms with Gasteiger partial charge in [-0.3, -0.25) is 0 Å². The standard InChI is InChI=1S/C16H10FNO2/c17-13-7-5-11(16(19)20)9-12(13)15-8-6-10-3-1-2-4-14(10)18-15/h1-9H,(H,19,20). The third kappa shape index (κ3) is 2.12. The number of para-hydroxylation sites is 1. The minimum atomic E-state index is -1.09. The van der Waals surface area contributed by atoms with Crippen LogP contribution in [0.3, 0.4) is 0 Å². The second-order valence-corrected chi connectivity index (χ2v) is 4.39. The van der Waals surface area contributed by atoms with Crippen molar-refractivity contribution in [2.24, 2.45) is 0 Å². The highest BCUT2D eigenvalue weighted by atomic mass is 19.1. The highest BCUT2D eigenvalue weighted by Gasteiger charge is 2.11. The molecule has 4 heteroatoms. The predicted molar refractivity (Wildman–Crippen MR) is 74.1 cm³/mol. The zero-order chi connectivity index (χ0) is 14.1. The zero-order valence-corrected chi connectivity index (χ0v) is 10.4. The highest BCUT2D eigenvalue weighted by Crippen LogP contribution is 2.24. The second kappa shape index (κ2) is 4.74. The number of aromatic nitrogens is 1. The maximum atomic E-state index is 13.9. The third-order valence-corrected chi connectivity index (χ3v) is 3.09. The first-order valence-corrected chi connectivity index (χ1v) is 6.04. The highest BCUT2D eigenvalue weighted by molar-refractivity contribution is 5.89. The summed E-state index contributed by atoms with van der Waals surface area (Å²) in [5.74, 6) is -1.58. The van der Waals surface area contributed by atoms with Gasteiger partial charge < -0.3 is 5.11 Å². The van der Waals surface area contributed by atoms with Gasteiger partial charge in [0.05, 0.1) is 16.8 Å². The molecule has 0 saturated heterocycles. The van der Waals surface area contributed by atoms with Gasteiger partial charge in [0.15, 0.2) is 0 Å². The fourth-order valence-electron chi connectivity index (χ4n) is 2.07. The molecule has 0 aliphatic rings. The fraction of sp³-hybridized carbons (Fsp3) is 0. The van der Waals surface area contributed by atoms with E-state index in [4.69, 9.17) is 5.11 Å². The summed E-state index contributed by atoms with van der Waals surface area (Å²) in [6.45, 7) is 0. The quantitative estimate of drug-likeness (QED) is 0.769. The van der Waals surface area contributed by atoms with E-state index < -0.39 is 11.8 Å². The maximum Gasteiger partial charge on any atom is 0.335 e. The first-order chi connectivity index (χ1) is 9.65. The number of hydrogen-bond donors (Lipinski definition) is 1. The zero-order valence-electron chi connectivity index (χ0n) is 10.4. The molecule has 3 nitrogen and oxygen atoms in total. The van der Waals surface area contributed by atoms with Crippen LogP contribution in [-0.4, -0.2) is 16.1 Å². The van der Waals surface area contributed by atoms with E-state index in [9.17, 15) is 9.18 Å². The first kappa shape index (κ1) is 12.3. The number of rotatable bonds is 2. The van der Waals surface area contributed by atoms with Crippen molar-refractivity contribution in [3.8, 4) is 11.3 Å². The van der Waals surface area contributed by atoms with Crippen molar-refractivity contribution in [3.05, 3.63) is 66.0 Å². The van der Waals surface area contributed by atoms with Crippen LogP contribution in [0.15, 0.2) is 54.6 Å². The summed E-state index contributed by atoms with van der Waals surface area (Å²) < 4.78 is 13.9. The lowest BCUT2D eigenvalue weighted by molar-refractivity contribution is 0.0697. The Morgan fingerprint density at radius 3 is 2.65 bits per heavy atom. The van der Waals surface area contributed by atoms with Gasteiger partial charge in [0.1, 0.15) is 5.82 Å². The van der Waals surface area contributed by atoms with Crippen LogP contribution >= 0.6 is 0 Å². The van der Waals surface area contributed by atoms with Crippen LogP contribution in [0, 0.1) is 5.82 Å². The van der Waals surface area contributed by atoms with Crippen LogP contribution in [0.1, 0.15) is 10.4 Å². The van der Waals surface area contributed by atoms with E-state index in [0.29, 0.717) is 5.69 Å². The normalized spacial score (nSPS) is 10.7. The summed E-state index contributed by atoms with van der Waals surface area (Å²) in [4.78, 5) is 15.3. The number of nitrogens with zero attached hydrogens (tertiary/aromatic N) is 1. The molecular formula is C16H10FNO2. The fourth-order valence-corrected chi connectivity index (χ4v) is 2.07. The number of halogens is 1. The molecule has 0 fully saturated rings. The van der Waals surface area contributed by atoms with Crippen LogP contribution < -0.4 is 0 Å². The monoisotopic (exact) mass is 267 g/mol. The lowest BCUT2D eigenvalue weighted by atomic mass is 10.1. The van der Waals surface area contributed by atoms with Crippen molar-refractivity contribution in [3.63, 3.8) is 0 Å². The van der Waals surface area contributed by atoms with E-state index in [-0.39, 0.29) is 11.1 Å². The second-order valence-electron chi connectivity index (χ2n) is 4.39. The van der Waals surface area contributed by atoms with E-state index in [0.717, 1.165) is 17.0 Å². The third-order valence-electron chi connectivity index (χ3n) is 3.09. The Kier molecular flexibility index (Phi) is 2.91. The minimum absolute atomic E-state index is 0.0383. The Morgan fingerprint density at radius 1 is 1.05 bits per heavy atom. The number of pyridine rings is 1. The van der Waals surface area contributed by atoms with E-state index in [1.165, 1.54) is 12.1 Å². The Labute approximate surface area is 114 Å². The van der Waals surface area contributed by atoms with Crippen molar-refractivity contribution < 1.29 is 14.3 Å². The largest absolute Gasteiger partial charge is 0.478 e. The average Bonchev–Trinajstić information content (AvgIpc) is 2.47. The Hall–Kier alpha value is -2.75. The van der Waals surface area contributed by atoms with Crippen molar-refractivity contribution in [2.75, 3.05) is 0 Å². The molecule has 2 aromatic carbocycles. The summed E-state index contributed by atoms with van der Waals surface area (Å²) in [6.07, 6.45) is 0. The lowest BCUT2D eigenvalue weighted by Crippen LogP contribution is -1.98. The van der Waals surface area contributed by atoms with Crippen molar-refractivity contribution >= 4 is 16.9 Å². The molecule has 0 radical (unpaired) electrons. The molecule has 0 unspecified atom stereocenters. The molecule has 0 amide bonds. The molecule has 1 aromatic heterocycles. The Morgan fingerprint density at radius 2 is 1.85 bits per heavy atom. The van der Waals surface area contributed by atoms with Gasteiger partial charge in [-0.25, -0.2) is 14.2 Å². The summed E-state index contributed by atoms with van der Waals surface area (Å²) >= 11 is 0. The van der Waals surface area contributed by atoms with Crippen LogP contribution in [0.4, 0.5) is 4.39 Å². The van der Waals surface area contributed by atoms with Crippen LogP contribution in [0.25, 0.3) is 22.2 Å². The molecular weight excluding hydrogens is 257 g/mol. The molecule has 3 aromatic rings. The van der Waals surface area contributed by atoms with Crippen molar-refractivity contribution in [1.29, 1.82) is 0 Å². The number of carbonyl (C=O) groups is 1.